The lowest BCUT2D eigenvalue weighted by atomic mass is 10.3. The average molecular weight is 247 g/mol. The summed E-state index contributed by atoms with van der Waals surface area (Å²) >= 11 is 1.43. The molecular weight excluding hydrogens is 234 g/mol. The van der Waals surface area contributed by atoms with Crippen LogP contribution in [0.3, 0.4) is 0 Å². The summed E-state index contributed by atoms with van der Waals surface area (Å²) < 4.78 is 0. The van der Waals surface area contributed by atoms with Gasteiger partial charge in [0.15, 0.2) is 0 Å². The van der Waals surface area contributed by atoms with Gasteiger partial charge in [-0.2, -0.15) is 0 Å². The highest BCUT2D eigenvalue weighted by Crippen LogP contribution is 2.31. The van der Waals surface area contributed by atoms with Crippen molar-refractivity contribution in [3.8, 4) is 0 Å². The molecule has 17 heavy (non-hydrogen) atoms. The van der Waals surface area contributed by atoms with Crippen LogP contribution in [-0.2, 0) is 9.59 Å². The molecule has 1 aliphatic heterocycles. The number of nitrogens with zero attached hydrogens (tertiary/aromatic N) is 1. The molecule has 1 heterocycles. The van der Waals surface area contributed by atoms with E-state index >= 15 is 0 Å². The van der Waals surface area contributed by atoms with Gasteiger partial charge in [0.25, 0.3) is 0 Å². The highest BCUT2D eigenvalue weighted by atomic mass is 32.2. The fourth-order valence-electron chi connectivity index (χ4n) is 1.62. The SMILES string of the molecule is C=C1C=CC=C(SC2CC(=O)N(C)C2=O)C=C1. The summed E-state index contributed by atoms with van der Waals surface area (Å²) in [5.41, 5.74) is 0.919. The molecule has 0 aromatic heterocycles. The van der Waals surface area contributed by atoms with Gasteiger partial charge < -0.3 is 0 Å². The number of likely N-dealkylation sites (tertiary alicyclic amines) is 1. The van der Waals surface area contributed by atoms with Gasteiger partial charge in [-0.15, -0.1) is 11.8 Å². The van der Waals surface area contributed by atoms with Gasteiger partial charge in [-0.3, -0.25) is 14.5 Å². The molecule has 1 saturated heterocycles. The monoisotopic (exact) mass is 247 g/mol. The van der Waals surface area contributed by atoms with Crippen molar-refractivity contribution in [1.29, 1.82) is 0 Å². The number of allylic oxidation sites excluding steroid dienone is 6. The van der Waals surface area contributed by atoms with Crippen molar-refractivity contribution in [2.75, 3.05) is 7.05 Å². The summed E-state index contributed by atoms with van der Waals surface area (Å²) in [6, 6.07) is 0. The second-order valence-corrected chi connectivity index (χ2v) is 5.21. The van der Waals surface area contributed by atoms with Gasteiger partial charge in [0.2, 0.25) is 11.8 Å². The lowest BCUT2D eigenvalue weighted by Crippen LogP contribution is -2.26. The molecule has 1 atom stereocenters. The molecule has 0 bridgehead atoms. The molecule has 0 radical (unpaired) electrons. The topological polar surface area (TPSA) is 37.4 Å². The Morgan fingerprint density at radius 2 is 2.12 bits per heavy atom. The minimum absolute atomic E-state index is 0.106. The molecule has 2 aliphatic rings. The summed E-state index contributed by atoms with van der Waals surface area (Å²) in [7, 11) is 1.53. The third-order valence-electron chi connectivity index (χ3n) is 2.65. The van der Waals surface area contributed by atoms with Crippen molar-refractivity contribution in [3.63, 3.8) is 0 Å². The Morgan fingerprint density at radius 1 is 1.35 bits per heavy atom. The Labute approximate surface area is 105 Å². The Bertz CT molecular complexity index is 474. The molecule has 4 heteroatoms. The molecule has 2 rings (SSSR count). The minimum atomic E-state index is -0.289. The maximum Gasteiger partial charge on any atom is 0.242 e. The molecule has 1 unspecified atom stereocenters. The normalized spacial score (nSPS) is 24.3. The third kappa shape index (κ3) is 2.58. The van der Waals surface area contributed by atoms with E-state index in [1.807, 2.05) is 30.4 Å². The first kappa shape index (κ1) is 11.9. The molecule has 1 fully saturated rings. The maximum atomic E-state index is 11.7. The summed E-state index contributed by atoms with van der Waals surface area (Å²) in [4.78, 5) is 25.3. The first-order valence-corrected chi connectivity index (χ1v) is 6.18. The van der Waals surface area contributed by atoms with Crippen molar-refractivity contribution in [2.24, 2.45) is 0 Å². The van der Waals surface area contributed by atoms with Gasteiger partial charge in [0, 0.05) is 18.4 Å². The lowest BCUT2D eigenvalue weighted by Gasteiger charge is -2.08. The van der Waals surface area contributed by atoms with Crippen LogP contribution in [-0.4, -0.2) is 29.0 Å². The van der Waals surface area contributed by atoms with Gasteiger partial charge in [-0.25, -0.2) is 0 Å². The first-order valence-electron chi connectivity index (χ1n) is 5.30. The molecule has 2 amide bonds. The summed E-state index contributed by atoms with van der Waals surface area (Å²) in [5, 5.41) is -0.289. The Kier molecular flexibility index (Phi) is 3.33. The molecule has 1 aliphatic carbocycles. The van der Waals surface area contributed by atoms with E-state index in [0.717, 1.165) is 10.5 Å². The number of carbonyl (C=O) groups is 2. The van der Waals surface area contributed by atoms with Crippen molar-refractivity contribution >= 4 is 23.6 Å². The molecule has 3 nitrogen and oxygen atoms in total. The van der Waals surface area contributed by atoms with Crippen molar-refractivity contribution in [1.82, 2.24) is 4.90 Å². The third-order valence-corrected chi connectivity index (χ3v) is 3.85. The summed E-state index contributed by atoms with van der Waals surface area (Å²) in [6.07, 6.45) is 9.83. The minimum Gasteiger partial charge on any atom is -0.285 e. The number of hydrogen-bond acceptors (Lipinski definition) is 3. The molecule has 0 saturated carbocycles. The largest absolute Gasteiger partial charge is 0.285 e. The van der Waals surface area contributed by atoms with Gasteiger partial charge in [0.05, 0.1) is 5.25 Å². The number of thioether (sulfide) groups is 1. The van der Waals surface area contributed by atoms with E-state index in [0.29, 0.717) is 0 Å². The van der Waals surface area contributed by atoms with Gasteiger partial charge in [0.1, 0.15) is 0 Å². The molecule has 0 N–H and O–H groups in total. The van der Waals surface area contributed by atoms with Crippen LogP contribution in [0.1, 0.15) is 6.42 Å². The Morgan fingerprint density at radius 3 is 2.76 bits per heavy atom. The van der Waals surface area contributed by atoms with E-state index < -0.39 is 0 Å². The number of amides is 2. The van der Waals surface area contributed by atoms with Crippen LogP contribution in [0.2, 0.25) is 0 Å². The molecule has 0 spiro atoms. The van der Waals surface area contributed by atoms with E-state index in [-0.39, 0.29) is 23.5 Å². The number of rotatable bonds is 2. The number of imide groups is 1. The van der Waals surface area contributed by atoms with E-state index in [4.69, 9.17) is 0 Å². The van der Waals surface area contributed by atoms with Gasteiger partial charge >= 0.3 is 0 Å². The van der Waals surface area contributed by atoms with Gasteiger partial charge in [-0.05, 0) is 17.7 Å². The fraction of sp³-hybridized carbons (Fsp3) is 0.231. The number of hydrogen-bond donors (Lipinski definition) is 0. The van der Waals surface area contributed by atoms with Crippen LogP contribution in [0.5, 0.6) is 0 Å². The van der Waals surface area contributed by atoms with Crippen LogP contribution < -0.4 is 0 Å². The summed E-state index contributed by atoms with van der Waals surface area (Å²) in [6.45, 7) is 3.83. The zero-order valence-electron chi connectivity index (χ0n) is 9.55. The highest BCUT2D eigenvalue weighted by molar-refractivity contribution is 8.04. The Balaban J connectivity index is 2.08. The Hall–Kier alpha value is -1.55. The van der Waals surface area contributed by atoms with Crippen molar-refractivity contribution in [2.45, 2.75) is 11.7 Å². The predicted octanol–water partition coefficient (Wildman–Crippen LogP) is 2.04. The van der Waals surface area contributed by atoms with Crippen molar-refractivity contribution in [3.05, 3.63) is 47.4 Å². The van der Waals surface area contributed by atoms with Crippen LogP contribution in [0.25, 0.3) is 0 Å². The summed E-state index contributed by atoms with van der Waals surface area (Å²) in [5.74, 6) is -0.216. The zero-order chi connectivity index (χ0) is 12.4. The molecule has 88 valence electrons. The van der Waals surface area contributed by atoms with E-state index in [2.05, 4.69) is 6.58 Å². The van der Waals surface area contributed by atoms with Crippen LogP contribution in [0.4, 0.5) is 0 Å². The van der Waals surface area contributed by atoms with Crippen molar-refractivity contribution < 1.29 is 9.59 Å². The van der Waals surface area contributed by atoms with E-state index in [9.17, 15) is 9.59 Å². The number of carbonyl (C=O) groups excluding carboxylic acids is 2. The molecule has 0 aromatic rings. The predicted molar refractivity (Wildman–Crippen MR) is 69.3 cm³/mol. The quantitative estimate of drug-likeness (QED) is 0.701. The van der Waals surface area contributed by atoms with Crippen LogP contribution in [0, 0.1) is 0 Å². The smallest absolute Gasteiger partial charge is 0.242 e. The standard InChI is InChI=1S/C13H13NO2S/c1-9-4-3-5-10(7-6-9)17-11-8-12(15)14(2)13(11)16/h3-7,11H,1,8H2,2H3. The first-order chi connectivity index (χ1) is 8.08. The highest BCUT2D eigenvalue weighted by Gasteiger charge is 2.36. The average Bonchev–Trinajstić information content (AvgIpc) is 2.48. The molecule has 0 aromatic carbocycles. The second kappa shape index (κ2) is 4.75. The lowest BCUT2D eigenvalue weighted by molar-refractivity contribution is -0.136. The van der Waals surface area contributed by atoms with Gasteiger partial charge in [-0.1, -0.05) is 24.8 Å². The van der Waals surface area contributed by atoms with Crippen LogP contribution >= 0.6 is 11.8 Å². The van der Waals surface area contributed by atoms with Crippen LogP contribution in [0.15, 0.2) is 47.4 Å². The fourth-order valence-corrected chi connectivity index (χ4v) is 2.74. The second-order valence-electron chi connectivity index (χ2n) is 3.94. The van der Waals surface area contributed by atoms with E-state index in [1.165, 1.54) is 23.7 Å². The zero-order valence-corrected chi connectivity index (χ0v) is 10.4. The molecular formula is C13H13NO2S. The van der Waals surface area contributed by atoms with E-state index in [1.54, 1.807) is 0 Å². The maximum absolute atomic E-state index is 11.7.